The molecule has 21 heavy (non-hydrogen) atoms. The smallest absolute Gasteiger partial charge is 0.238 e. The van der Waals surface area contributed by atoms with Crippen LogP contribution in [-0.4, -0.2) is 43.6 Å². The molecule has 0 saturated heterocycles. The summed E-state index contributed by atoms with van der Waals surface area (Å²) in [6.45, 7) is 1.76. The summed E-state index contributed by atoms with van der Waals surface area (Å²) < 4.78 is 5.16. The van der Waals surface area contributed by atoms with Crippen molar-refractivity contribution in [2.75, 3.05) is 32.1 Å². The van der Waals surface area contributed by atoms with Crippen molar-refractivity contribution in [3.05, 3.63) is 24.3 Å². The second-order valence-electron chi connectivity index (χ2n) is 5.48. The lowest BCUT2D eigenvalue weighted by Crippen LogP contribution is -2.42. The maximum Gasteiger partial charge on any atom is 0.238 e. The summed E-state index contributed by atoms with van der Waals surface area (Å²) in [7, 11) is 1.62. The first-order valence-electron chi connectivity index (χ1n) is 7.61. The number of methoxy groups -OCH3 is 1. The van der Waals surface area contributed by atoms with Crippen molar-refractivity contribution in [2.45, 2.75) is 31.7 Å². The van der Waals surface area contributed by atoms with Gasteiger partial charge in [-0.05, 0) is 25.0 Å². The Labute approximate surface area is 126 Å². The lowest BCUT2D eigenvalue weighted by atomic mass is 10.2. The molecule has 5 heteroatoms. The Hall–Kier alpha value is -1.59. The Balaban J connectivity index is 1.91. The van der Waals surface area contributed by atoms with Crippen LogP contribution in [0.15, 0.2) is 24.3 Å². The molecule has 0 aliphatic heterocycles. The molecule has 3 N–H and O–H groups in total. The fraction of sp³-hybridized carbons (Fsp3) is 0.562. The molecule has 1 aromatic rings. The molecule has 0 bridgehead atoms. The Morgan fingerprint density at radius 2 is 2.19 bits per heavy atom. The molecular formula is C16H25N3O2. The number of amides is 1. The predicted molar refractivity (Wildman–Crippen MR) is 84.5 cm³/mol. The number of hydrogen-bond donors (Lipinski definition) is 2. The maximum atomic E-state index is 12.2. The third kappa shape index (κ3) is 4.72. The summed E-state index contributed by atoms with van der Waals surface area (Å²) >= 11 is 0. The molecule has 1 saturated carbocycles. The topological polar surface area (TPSA) is 67.6 Å². The molecule has 1 aliphatic carbocycles. The van der Waals surface area contributed by atoms with Crippen LogP contribution in [0, 0.1) is 0 Å². The molecule has 0 aromatic heterocycles. The molecular weight excluding hydrogens is 266 g/mol. The number of carbonyl (C=O) groups is 1. The first kappa shape index (κ1) is 15.8. The van der Waals surface area contributed by atoms with E-state index < -0.39 is 0 Å². The van der Waals surface area contributed by atoms with Crippen molar-refractivity contribution in [1.29, 1.82) is 0 Å². The van der Waals surface area contributed by atoms with Crippen LogP contribution in [0.4, 0.5) is 5.69 Å². The van der Waals surface area contributed by atoms with Crippen LogP contribution in [0.2, 0.25) is 0 Å². The molecule has 0 atom stereocenters. The predicted octanol–water partition coefficient (Wildman–Crippen LogP) is 1.84. The largest absolute Gasteiger partial charge is 0.497 e. The van der Waals surface area contributed by atoms with Crippen molar-refractivity contribution in [2.24, 2.45) is 5.73 Å². The zero-order valence-electron chi connectivity index (χ0n) is 12.7. The van der Waals surface area contributed by atoms with Crippen molar-refractivity contribution in [3.8, 4) is 5.75 Å². The van der Waals surface area contributed by atoms with E-state index in [0.717, 1.165) is 18.0 Å². The fourth-order valence-corrected chi connectivity index (χ4v) is 2.91. The summed E-state index contributed by atoms with van der Waals surface area (Å²) in [6, 6.07) is 7.91. The van der Waals surface area contributed by atoms with Crippen LogP contribution in [0.5, 0.6) is 5.75 Å². The first-order valence-corrected chi connectivity index (χ1v) is 7.61. The van der Waals surface area contributed by atoms with Gasteiger partial charge in [0.2, 0.25) is 5.91 Å². The Bertz CT molecular complexity index is 459. The number of ether oxygens (including phenoxy) is 1. The van der Waals surface area contributed by atoms with Gasteiger partial charge in [-0.25, -0.2) is 0 Å². The number of nitrogens with one attached hydrogen (secondary N) is 1. The van der Waals surface area contributed by atoms with E-state index in [4.69, 9.17) is 10.5 Å². The summed E-state index contributed by atoms with van der Waals surface area (Å²) in [6.07, 6.45) is 4.85. The minimum absolute atomic E-state index is 0.00334. The average Bonchev–Trinajstić information content (AvgIpc) is 3.01. The van der Waals surface area contributed by atoms with Crippen molar-refractivity contribution in [1.82, 2.24) is 4.90 Å². The second-order valence-corrected chi connectivity index (χ2v) is 5.48. The van der Waals surface area contributed by atoms with Crippen LogP contribution >= 0.6 is 0 Å². The van der Waals surface area contributed by atoms with Crippen molar-refractivity contribution in [3.63, 3.8) is 0 Å². The van der Waals surface area contributed by atoms with Crippen molar-refractivity contribution < 1.29 is 9.53 Å². The van der Waals surface area contributed by atoms with Gasteiger partial charge >= 0.3 is 0 Å². The van der Waals surface area contributed by atoms with Gasteiger partial charge < -0.3 is 15.8 Å². The van der Waals surface area contributed by atoms with Crippen LogP contribution in [0.1, 0.15) is 25.7 Å². The molecule has 116 valence electrons. The number of nitrogens with zero attached hydrogens (tertiary/aromatic N) is 1. The highest BCUT2D eigenvalue weighted by Crippen LogP contribution is 2.23. The van der Waals surface area contributed by atoms with E-state index in [1.165, 1.54) is 25.7 Å². The normalized spacial score (nSPS) is 15.4. The molecule has 1 fully saturated rings. The Kier molecular flexibility index (Phi) is 6.02. The first-order chi connectivity index (χ1) is 10.2. The highest BCUT2D eigenvalue weighted by atomic mass is 16.5. The molecule has 1 aromatic carbocycles. The molecule has 0 heterocycles. The van der Waals surface area contributed by atoms with E-state index in [1.54, 1.807) is 7.11 Å². The van der Waals surface area contributed by atoms with E-state index in [2.05, 4.69) is 10.2 Å². The van der Waals surface area contributed by atoms with Gasteiger partial charge in [0.25, 0.3) is 0 Å². The van der Waals surface area contributed by atoms with Gasteiger partial charge in [0.1, 0.15) is 5.75 Å². The van der Waals surface area contributed by atoms with Crippen LogP contribution in [-0.2, 0) is 4.79 Å². The van der Waals surface area contributed by atoms with Gasteiger partial charge in [-0.3, -0.25) is 9.69 Å². The van der Waals surface area contributed by atoms with E-state index in [9.17, 15) is 4.79 Å². The third-order valence-electron chi connectivity index (χ3n) is 3.96. The maximum absolute atomic E-state index is 12.2. The van der Waals surface area contributed by atoms with Gasteiger partial charge in [-0.2, -0.15) is 0 Å². The summed E-state index contributed by atoms with van der Waals surface area (Å²) in [5.74, 6) is 0.742. The van der Waals surface area contributed by atoms with Gasteiger partial charge in [0, 0.05) is 30.9 Å². The Morgan fingerprint density at radius 1 is 1.43 bits per heavy atom. The molecule has 2 rings (SSSR count). The quantitative estimate of drug-likeness (QED) is 0.804. The lowest BCUT2D eigenvalue weighted by molar-refractivity contribution is -0.117. The standard InChI is InChI=1S/C16H25N3O2/c1-21-15-8-4-5-13(11-15)18-16(20)12-19(10-9-17)14-6-2-3-7-14/h4-5,8,11,14H,2-3,6-7,9-10,12,17H2,1H3,(H,18,20). The van der Waals surface area contributed by atoms with E-state index in [-0.39, 0.29) is 5.91 Å². The van der Waals surface area contributed by atoms with Gasteiger partial charge in [0.15, 0.2) is 0 Å². The number of benzene rings is 1. The van der Waals surface area contributed by atoms with E-state index in [1.807, 2.05) is 24.3 Å². The third-order valence-corrected chi connectivity index (χ3v) is 3.96. The van der Waals surface area contributed by atoms with Crippen LogP contribution in [0.25, 0.3) is 0 Å². The van der Waals surface area contributed by atoms with Gasteiger partial charge in [0.05, 0.1) is 13.7 Å². The summed E-state index contributed by atoms with van der Waals surface area (Å²) in [4.78, 5) is 14.4. The average molecular weight is 291 g/mol. The zero-order valence-corrected chi connectivity index (χ0v) is 12.7. The van der Waals surface area contributed by atoms with Gasteiger partial charge in [-0.1, -0.05) is 18.9 Å². The van der Waals surface area contributed by atoms with Crippen molar-refractivity contribution >= 4 is 11.6 Å². The van der Waals surface area contributed by atoms with Gasteiger partial charge in [-0.15, -0.1) is 0 Å². The minimum atomic E-state index is 0.00334. The SMILES string of the molecule is COc1cccc(NC(=O)CN(CCN)C2CCCC2)c1. The molecule has 1 amide bonds. The highest BCUT2D eigenvalue weighted by molar-refractivity contribution is 5.92. The number of nitrogens with two attached hydrogens (primary N) is 1. The highest BCUT2D eigenvalue weighted by Gasteiger charge is 2.23. The lowest BCUT2D eigenvalue weighted by Gasteiger charge is -2.27. The molecule has 0 unspecified atom stereocenters. The Morgan fingerprint density at radius 3 is 2.86 bits per heavy atom. The summed E-state index contributed by atoms with van der Waals surface area (Å²) in [5, 5.41) is 2.93. The monoisotopic (exact) mass is 291 g/mol. The number of carbonyl (C=O) groups excluding carboxylic acids is 1. The molecule has 1 aliphatic rings. The second kappa shape index (κ2) is 8.00. The number of rotatable bonds is 7. The van der Waals surface area contributed by atoms with E-state index in [0.29, 0.717) is 19.1 Å². The zero-order chi connectivity index (χ0) is 15.1. The van der Waals surface area contributed by atoms with E-state index >= 15 is 0 Å². The molecule has 0 spiro atoms. The number of hydrogen-bond acceptors (Lipinski definition) is 4. The minimum Gasteiger partial charge on any atom is -0.497 e. The molecule has 0 radical (unpaired) electrons. The van der Waals surface area contributed by atoms with Crippen LogP contribution in [0.3, 0.4) is 0 Å². The number of anilines is 1. The summed E-state index contributed by atoms with van der Waals surface area (Å²) in [5.41, 5.74) is 6.44. The molecule has 5 nitrogen and oxygen atoms in total. The fourth-order valence-electron chi connectivity index (χ4n) is 2.91. The van der Waals surface area contributed by atoms with Crippen LogP contribution < -0.4 is 15.8 Å².